The summed E-state index contributed by atoms with van der Waals surface area (Å²) < 4.78 is 4.91. The first-order valence-electron chi connectivity index (χ1n) is 6.14. The van der Waals surface area contributed by atoms with E-state index in [1.807, 2.05) is 12.3 Å². The Kier molecular flexibility index (Phi) is 4.52. The highest BCUT2D eigenvalue weighted by molar-refractivity contribution is 7.09. The fraction of sp³-hybridized carbons (Fsp3) is 0.308. The van der Waals surface area contributed by atoms with Crippen molar-refractivity contribution in [1.82, 2.24) is 10.3 Å². The molecule has 1 amide bonds. The van der Waals surface area contributed by atoms with Crippen LogP contribution in [0.4, 0.5) is 0 Å². The number of rotatable bonds is 6. The maximum Gasteiger partial charge on any atom is 0.371 e. The Labute approximate surface area is 119 Å². The molecule has 2 rings (SSSR count). The number of hydrogen-bond donors (Lipinski definition) is 2. The SMILES string of the molecule is CCc1nc(CCNC(=O)c2ccc(C(=O)O)o2)cs1. The van der Waals surface area contributed by atoms with E-state index in [1.54, 1.807) is 11.3 Å². The standard InChI is InChI=1S/C13H14N2O4S/c1-2-11-15-8(7-20-11)5-6-14-12(16)9-3-4-10(19-9)13(17)18/h3-4,7H,2,5-6H2,1H3,(H,14,16)(H,17,18). The van der Waals surface area contributed by atoms with Crippen molar-refractivity contribution in [3.8, 4) is 0 Å². The summed E-state index contributed by atoms with van der Waals surface area (Å²) in [4.78, 5) is 26.7. The highest BCUT2D eigenvalue weighted by Gasteiger charge is 2.14. The van der Waals surface area contributed by atoms with Crippen LogP contribution >= 0.6 is 11.3 Å². The zero-order valence-corrected chi connectivity index (χ0v) is 11.7. The molecule has 0 atom stereocenters. The van der Waals surface area contributed by atoms with Crippen LogP contribution in [0.15, 0.2) is 21.9 Å². The molecule has 0 spiro atoms. The number of carbonyl (C=O) groups is 2. The monoisotopic (exact) mass is 294 g/mol. The van der Waals surface area contributed by atoms with Crippen molar-refractivity contribution < 1.29 is 19.1 Å². The van der Waals surface area contributed by atoms with E-state index in [0.29, 0.717) is 13.0 Å². The van der Waals surface area contributed by atoms with E-state index in [2.05, 4.69) is 10.3 Å². The summed E-state index contributed by atoms with van der Waals surface area (Å²) in [5, 5.41) is 14.4. The molecule has 0 fully saturated rings. The number of nitrogens with one attached hydrogen (secondary N) is 1. The number of carbonyl (C=O) groups excluding carboxylic acids is 1. The van der Waals surface area contributed by atoms with Crippen LogP contribution in [0.25, 0.3) is 0 Å². The first kappa shape index (κ1) is 14.3. The molecule has 0 aliphatic heterocycles. The number of carboxylic acids is 1. The predicted molar refractivity (Wildman–Crippen MR) is 73.2 cm³/mol. The van der Waals surface area contributed by atoms with Crippen molar-refractivity contribution in [2.45, 2.75) is 19.8 Å². The van der Waals surface area contributed by atoms with Crippen LogP contribution in [0.2, 0.25) is 0 Å². The second-order valence-electron chi connectivity index (χ2n) is 4.06. The molecule has 0 aliphatic rings. The average molecular weight is 294 g/mol. The Bertz CT molecular complexity index is 617. The van der Waals surface area contributed by atoms with Crippen molar-refractivity contribution >= 4 is 23.2 Å². The van der Waals surface area contributed by atoms with Gasteiger partial charge in [0.1, 0.15) is 0 Å². The molecule has 0 saturated heterocycles. The fourth-order valence-electron chi connectivity index (χ4n) is 1.59. The van der Waals surface area contributed by atoms with Gasteiger partial charge in [0.2, 0.25) is 5.76 Å². The Morgan fingerprint density at radius 3 is 2.75 bits per heavy atom. The van der Waals surface area contributed by atoms with Gasteiger partial charge in [0.15, 0.2) is 5.76 Å². The summed E-state index contributed by atoms with van der Waals surface area (Å²) in [7, 11) is 0. The average Bonchev–Trinajstić information content (AvgIpc) is 3.07. The molecule has 0 bridgehead atoms. The summed E-state index contributed by atoms with van der Waals surface area (Å²) in [6, 6.07) is 2.60. The summed E-state index contributed by atoms with van der Waals surface area (Å²) in [6.45, 7) is 2.47. The third-order valence-electron chi connectivity index (χ3n) is 2.61. The van der Waals surface area contributed by atoms with E-state index in [-0.39, 0.29) is 11.5 Å². The van der Waals surface area contributed by atoms with E-state index in [4.69, 9.17) is 9.52 Å². The molecule has 2 aromatic heterocycles. The third-order valence-corrected chi connectivity index (χ3v) is 3.65. The number of aromatic nitrogens is 1. The molecule has 20 heavy (non-hydrogen) atoms. The van der Waals surface area contributed by atoms with Gasteiger partial charge in [-0.05, 0) is 18.6 Å². The summed E-state index contributed by atoms with van der Waals surface area (Å²) >= 11 is 1.60. The van der Waals surface area contributed by atoms with E-state index in [0.717, 1.165) is 17.1 Å². The largest absolute Gasteiger partial charge is 0.475 e. The molecule has 0 aliphatic carbocycles. The number of carboxylic acid groups (broad SMARTS) is 1. The number of aryl methyl sites for hydroxylation is 1. The smallest absolute Gasteiger partial charge is 0.371 e. The van der Waals surface area contributed by atoms with Gasteiger partial charge in [-0.2, -0.15) is 0 Å². The predicted octanol–water partition coefficient (Wildman–Crippen LogP) is 1.97. The second-order valence-corrected chi connectivity index (χ2v) is 5.00. The maximum atomic E-state index is 11.7. The van der Waals surface area contributed by atoms with Gasteiger partial charge in [0.25, 0.3) is 5.91 Å². The molecule has 0 radical (unpaired) electrons. The minimum Gasteiger partial charge on any atom is -0.475 e. The Hall–Kier alpha value is -2.15. The first-order valence-corrected chi connectivity index (χ1v) is 7.02. The third kappa shape index (κ3) is 3.45. The number of aromatic carboxylic acids is 1. The van der Waals surface area contributed by atoms with Gasteiger partial charge in [-0.3, -0.25) is 4.79 Å². The fourth-order valence-corrected chi connectivity index (χ4v) is 2.37. The Balaban J connectivity index is 1.83. The van der Waals surface area contributed by atoms with Gasteiger partial charge in [-0.25, -0.2) is 9.78 Å². The van der Waals surface area contributed by atoms with Crippen molar-refractivity contribution in [2.75, 3.05) is 6.54 Å². The van der Waals surface area contributed by atoms with Gasteiger partial charge < -0.3 is 14.8 Å². The van der Waals surface area contributed by atoms with Gasteiger partial charge in [-0.15, -0.1) is 11.3 Å². The van der Waals surface area contributed by atoms with Crippen molar-refractivity contribution in [3.05, 3.63) is 39.7 Å². The first-order chi connectivity index (χ1) is 9.60. The number of nitrogens with zero attached hydrogens (tertiary/aromatic N) is 1. The zero-order chi connectivity index (χ0) is 14.5. The van der Waals surface area contributed by atoms with Crippen LogP contribution < -0.4 is 5.32 Å². The van der Waals surface area contributed by atoms with Crippen LogP contribution in [0.3, 0.4) is 0 Å². The highest BCUT2D eigenvalue weighted by atomic mass is 32.1. The molecule has 2 heterocycles. The molecule has 2 aromatic rings. The Morgan fingerprint density at radius 2 is 2.15 bits per heavy atom. The second kappa shape index (κ2) is 6.33. The number of amides is 1. The molecule has 0 unspecified atom stereocenters. The van der Waals surface area contributed by atoms with Crippen molar-refractivity contribution in [1.29, 1.82) is 0 Å². The zero-order valence-electron chi connectivity index (χ0n) is 10.9. The van der Waals surface area contributed by atoms with Crippen molar-refractivity contribution in [3.63, 3.8) is 0 Å². The number of thiazole rings is 1. The summed E-state index contributed by atoms with van der Waals surface area (Å²) in [5.41, 5.74) is 0.942. The lowest BCUT2D eigenvalue weighted by molar-refractivity contribution is 0.0659. The van der Waals surface area contributed by atoms with E-state index >= 15 is 0 Å². The topological polar surface area (TPSA) is 92.4 Å². The van der Waals surface area contributed by atoms with Gasteiger partial charge >= 0.3 is 5.97 Å². The van der Waals surface area contributed by atoms with Gasteiger partial charge in [0.05, 0.1) is 10.7 Å². The van der Waals surface area contributed by atoms with E-state index in [1.165, 1.54) is 12.1 Å². The number of furan rings is 1. The molecule has 2 N–H and O–H groups in total. The van der Waals surface area contributed by atoms with Gasteiger partial charge in [0, 0.05) is 18.3 Å². The lowest BCUT2D eigenvalue weighted by Crippen LogP contribution is -2.25. The molecular formula is C13H14N2O4S. The van der Waals surface area contributed by atoms with Crippen LogP contribution in [-0.4, -0.2) is 28.5 Å². The van der Waals surface area contributed by atoms with E-state index < -0.39 is 11.9 Å². The van der Waals surface area contributed by atoms with Crippen LogP contribution in [0.1, 0.15) is 38.7 Å². The summed E-state index contributed by atoms with van der Waals surface area (Å²) in [5.74, 6) is -1.88. The molecule has 0 saturated carbocycles. The highest BCUT2D eigenvalue weighted by Crippen LogP contribution is 2.11. The molecular weight excluding hydrogens is 280 g/mol. The lowest BCUT2D eigenvalue weighted by Gasteiger charge is -2.01. The Morgan fingerprint density at radius 1 is 1.40 bits per heavy atom. The van der Waals surface area contributed by atoms with Gasteiger partial charge in [-0.1, -0.05) is 6.92 Å². The molecule has 106 valence electrons. The van der Waals surface area contributed by atoms with Crippen LogP contribution in [-0.2, 0) is 12.8 Å². The summed E-state index contributed by atoms with van der Waals surface area (Å²) in [6.07, 6.45) is 1.54. The van der Waals surface area contributed by atoms with Crippen LogP contribution in [0, 0.1) is 0 Å². The quantitative estimate of drug-likeness (QED) is 0.849. The minimum atomic E-state index is -1.20. The molecule has 0 aromatic carbocycles. The maximum absolute atomic E-state index is 11.7. The minimum absolute atomic E-state index is 0.00470. The lowest BCUT2D eigenvalue weighted by atomic mass is 10.3. The normalized spacial score (nSPS) is 10.4. The van der Waals surface area contributed by atoms with Crippen molar-refractivity contribution in [2.24, 2.45) is 0 Å². The number of hydrogen-bond acceptors (Lipinski definition) is 5. The molecule has 7 heteroatoms. The van der Waals surface area contributed by atoms with Crippen LogP contribution in [0.5, 0.6) is 0 Å². The molecule has 6 nitrogen and oxygen atoms in total. The van der Waals surface area contributed by atoms with E-state index in [9.17, 15) is 9.59 Å².